The molecule has 0 bridgehead atoms. The van der Waals surface area contributed by atoms with E-state index >= 15 is 0 Å². The molecule has 68 valence electrons. The van der Waals surface area contributed by atoms with Crippen molar-refractivity contribution in [3.05, 3.63) is 47.1 Å². The molecule has 1 rings (SSSR count). The Morgan fingerprint density at radius 3 is 2.54 bits per heavy atom. The second-order valence-corrected chi connectivity index (χ2v) is 2.75. The molecule has 0 unspecified atom stereocenters. The molecule has 0 amide bonds. The molecule has 0 saturated heterocycles. The Kier molecular flexibility index (Phi) is 3.20. The summed E-state index contributed by atoms with van der Waals surface area (Å²) in [7, 11) is 0. The standard InChI is InChI=1S/C10H11NO2/c1-8(2)13-7-9-3-5-10(11-12)6-4-9/h3-6H,1,7H2,2H3. The van der Waals surface area contributed by atoms with Crippen molar-refractivity contribution >= 4 is 5.69 Å². The molecule has 3 heteroatoms. The molecule has 0 radical (unpaired) electrons. The van der Waals surface area contributed by atoms with Gasteiger partial charge in [-0.15, -0.1) is 4.91 Å². The van der Waals surface area contributed by atoms with Crippen LogP contribution in [0.5, 0.6) is 0 Å². The van der Waals surface area contributed by atoms with E-state index in [0.29, 0.717) is 18.1 Å². The van der Waals surface area contributed by atoms with Crippen LogP contribution in [-0.2, 0) is 11.3 Å². The Bertz CT molecular complexity index is 303. The molecule has 0 spiro atoms. The van der Waals surface area contributed by atoms with Crippen LogP contribution in [0.1, 0.15) is 12.5 Å². The molecule has 0 N–H and O–H groups in total. The molecule has 1 aromatic rings. The highest BCUT2D eigenvalue weighted by Crippen LogP contribution is 2.13. The minimum Gasteiger partial charge on any atom is -0.494 e. The zero-order chi connectivity index (χ0) is 9.68. The van der Waals surface area contributed by atoms with Crippen molar-refractivity contribution < 1.29 is 4.74 Å². The van der Waals surface area contributed by atoms with E-state index in [2.05, 4.69) is 11.8 Å². The van der Waals surface area contributed by atoms with Crippen LogP contribution in [0.25, 0.3) is 0 Å². The predicted octanol–water partition coefficient (Wildman–Crippen LogP) is 3.13. The SMILES string of the molecule is C=C(C)OCc1ccc(N=O)cc1. The highest BCUT2D eigenvalue weighted by atomic mass is 16.5. The van der Waals surface area contributed by atoms with E-state index in [-0.39, 0.29) is 0 Å². The van der Waals surface area contributed by atoms with Gasteiger partial charge in [-0.05, 0) is 29.8 Å². The predicted molar refractivity (Wildman–Crippen MR) is 51.5 cm³/mol. The van der Waals surface area contributed by atoms with Crippen LogP contribution in [0.4, 0.5) is 5.69 Å². The maximum Gasteiger partial charge on any atom is 0.113 e. The molecule has 0 fully saturated rings. The first-order valence-corrected chi connectivity index (χ1v) is 3.93. The summed E-state index contributed by atoms with van der Waals surface area (Å²) in [5.41, 5.74) is 1.43. The molecule has 0 aliphatic heterocycles. The summed E-state index contributed by atoms with van der Waals surface area (Å²) in [6, 6.07) is 6.92. The van der Waals surface area contributed by atoms with Gasteiger partial charge < -0.3 is 4.74 Å². The molecule has 0 atom stereocenters. The molecular formula is C10H11NO2. The molecule has 0 aromatic heterocycles. The normalized spacial score (nSPS) is 9.31. The molecule has 0 heterocycles. The van der Waals surface area contributed by atoms with Gasteiger partial charge in [-0.25, -0.2) is 0 Å². The molecule has 13 heavy (non-hydrogen) atoms. The van der Waals surface area contributed by atoms with Crippen LogP contribution >= 0.6 is 0 Å². The first-order chi connectivity index (χ1) is 6.22. The second-order valence-electron chi connectivity index (χ2n) is 2.75. The van der Waals surface area contributed by atoms with Crippen LogP contribution in [0.2, 0.25) is 0 Å². The van der Waals surface area contributed by atoms with E-state index < -0.39 is 0 Å². The molecule has 3 nitrogen and oxygen atoms in total. The van der Waals surface area contributed by atoms with Gasteiger partial charge in [0, 0.05) is 0 Å². The fourth-order valence-electron chi connectivity index (χ4n) is 0.860. The number of nitroso groups, excluding NO2 is 1. The Labute approximate surface area is 77.0 Å². The highest BCUT2D eigenvalue weighted by Gasteiger charge is 1.94. The molecule has 1 aromatic carbocycles. The summed E-state index contributed by atoms with van der Waals surface area (Å²) in [6.45, 7) is 5.89. The van der Waals surface area contributed by atoms with Gasteiger partial charge in [0.15, 0.2) is 0 Å². The average Bonchev–Trinajstić information content (AvgIpc) is 2.15. The van der Waals surface area contributed by atoms with Crippen LogP contribution < -0.4 is 0 Å². The Morgan fingerprint density at radius 1 is 1.46 bits per heavy atom. The van der Waals surface area contributed by atoms with Crippen LogP contribution in [0.15, 0.2) is 41.8 Å². The third-order valence-corrected chi connectivity index (χ3v) is 1.53. The lowest BCUT2D eigenvalue weighted by atomic mass is 10.2. The third kappa shape index (κ3) is 3.07. The summed E-state index contributed by atoms with van der Waals surface area (Å²) < 4.78 is 5.20. The van der Waals surface area contributed by atoms with E-state index in [0.717, 1.165) is 5.56 Å². The lowest BCUT2D eigenvalue weighted by molar-refractivity contribution is 0.202. The fourth-order valence-corrected chi connectivity index (χ4v) is 0.860. The molecular weight excluding hydrogens is 166 g/mol. The van der Waals surface area contributed by atoms with Gasteiger partial charge >= 0.3 is 0 Å². The van der Waals surface area contributed by atoms with Gasteiger partial charge in [-0.2, -0.15) is 0 Å². The van der Waals surface area contributed by atoms with E-state index in [1.54, 1.807) is 31.2 Å². The molecule has 0 aliphatic rings. The smallest absolute Gasteiger partial charge is 0.113 e. The maximum atomic E-state index is 10.1. The quantitative estimate of drug-likeness (QED) is 0.523. The van der Waals surface area contributed by atoms with Crippen molar-refractivity contribution in [2.24, 2.45) is 5.18 Å². The topological polar surface area (TPSA) is 38.7 Å². The van der Waals surface area contributed by atoms with Crippen molar-refractivity contribution in [2.45, 2.75) is 13.5 Å². The van der Waals surface area contributed by atoms with E-state index in [9.17, 15) is 4.91 Å². The summed E-state index contributed by atoms with van der Waals surface area (Å²) in [4.78, 5) is 10.1. The first-order valence-electron chi connectivity index (χ1n) is 3.93. The zero-order valence-corrected chi connectivity index (χ0v) is 7.49. The molecule has 0 aliphatic carbocycles. The van der Waals surface area contributed by atoms with E-state index in [1.165, 1.54) is 0 Å². The maximum absolute atomic E-state index is 10.1. The number of nitrogens with zero attached hydrogens (tertiary/aromatic N) is 1. The average molecular weight is 177 g/mol. The van der Waals surface area contributed by atoms with Gasteiger partial charge in [0.1, 0.15) is 12.3 Å². The van der Waals surface area contributed by atoms with Crippen molar-refractivity contribution in [3.8, 4) is 0 Å². The van der Waals surface area contributed by atoms with E-state index in [4.69, 9.17) is 4.74 Å². The van der Waals surface area contributed by atoms with E-state index in [1.807, 2.05) is 0 Å². The number of allylic oxidation sites excluding steroid dienone is 1. The van der Waals surface area contributed by atoms with Gasteiger partial charge in [-0.3, -0.25) is 0 Å². The lowest BCUT2D eigenvalue weighted by Gasteiger charge is -2.04. The Morgan fingerprint density at radius 2 is 2.08 bits per heavy atom. The summed E-state index contributed by atoms with van der Waals surface area (Å²) in [5, 5.41) is 2.80. The molecule has 0 saturated carbocycles. The summed E-state index contributed by atoms with van der Waals surface area (Å²) >= 11 is 0. The number of rotatable bonds is 4. The minimum atomic E-state index is 0.430. The van der Waals surface area contributed by atoms with Gasteiger partial charge in [0.25, 0.3) is 0 Å². The van der Waals surface area contributed by atoms with Crippen molar-refractivity contribution in [1.82, 2.24) is 0 Å². The lowest BCUT2D eigenvalue weighted by Crippen LogP contribution is -1.88. The second kappa shape index (κ2) is 4.40. The van der Waals surface area contributed by atoms with Crippen LogP contribution in [0.3, 0.4) is 0 Å². The van der Waals surface area contributed by atoms with Gasteiger partial charge in [0.2, 0.25) is 0 Å². The fraction of sp³-hybridized carbons (Fsp3) is 0.200. The Balaban J connectivity index is 2.59. The zero-order valence-electron chi connectivity index (χ0n) is 7.49. The summed E-state index contributed by atoms with van der Waals surface area (Å²) in [6.07, 6.45) is 0. The Hall–Kier alpha value is -1.64. The number of benzene rings is 1. The minimum absolute atomic E-state index is 0.430. The van der Waals surface area contributed by atoms with Crippen LogP contribution in [0, 0.1) is 4.91 Å². The monoisotopic (exact) mass is 177 g/mol. The van der Waals surface area contributed by atoms with Crippen molar-refractivity contribution in [2.75, 3.05) is 0 Å². The van der Waals surface area contributed by atoms with Gasteiger partial charge in [-0.1, -0.05) is 18.7 Å². The van der Waals surface area contributed by atoms with Crippen LogP contribution in [-0.4, -0.2) is 0 Å². The summed E-state index contributed by atoms with van der Waals surface area (Å²) in [5.74, 6) is 0.678. The van der Waals surface area contributed by atoms with Gasteiger partial charge in [0.05, 0.1) is 5.76 Å². The number of ether oxygens (including phenoxy) is 1. The van der Waals surface area contributed by atoms with Crippen molar-refractivity contribution in [3.63, 3.8) is 0 Å². The highest BCUT2D eigenvalue weighted by molar-refractivity contribution is 5.38. The number of hydrogen-bond acceptors (Lipinski definition) is 3. The third-order valence-electron chi connectivity index (χ3n) is 1.53. The number of hydrogen-bond donors (Lipinski definition) is 0. The first kappa shape index (κ1) is 9.45. The van der Waals surface area contributed by atoms with Crippen molar-refractivity contribution in [1.29, 1.82) is 0 Å². The largest absolute Gasteiger partial charge is 0.494 e.